The van der Waals surface area contributed by atoms with Crippen molar-refractivity contribution in [2.75, 3.05) is 18.8 Å². The highest BCUT2D eigenvalue weighted by atomic mass is 32.1. The second kappa shape index (κ2) is 4.47. The maximum Gasteiger partial charge on any atom is 0.180 e. The van der Waals surface area contributed by atoms with Crippen molar-refractivity contribution in [2.24, 2.45) is 5.92 Å². The molecule has 1 aliphatic rings. The first-order valence-corrected chi connectivity index (χ1v) is 6.07. The fraction of sp³-hybridized carbons (Fsp3) is 0.700. The molecule has 84 valence electrons. The van der Waals surface area contributed by atoms with E-state index in [9.17, 15) is 5.11 Å². The topological polar surface area (TPSA) is 62.4 Å². The Kier molecular flexibility index (Phi) is 3.23. The predicted molar refractivity (Wildman–Crippen MR) is 61.6 cm³/mol. The molecule has 0 bridgehead atoms. The Morgan fingerprint density at radius 2 is 2.60 bits per heavy atom. The van der Waals surface area contributed by atoms with Gasteiger partial charge in [0.25, 0.3) is 0 Å². The number of aliphatic hydroxyl groups excluding tert-OH is 1. The van der Waals surface area contributed by atoms with E-state index >= 15 is 0 Å². The number of likely N-dealkylation sites (tertiary alicyclic amines) is 1. The van der Waals surface area contributed by atoms with Crippen LogP contribution in [0.25, 0.3) is 0 Å². The number of nitrogens with zero attached hydrogens (tertiary/aromatic N) is 2. The van der Waals surface area contributed by atoms with Crippen LogP contribution in [0.2, 0.25) is 0 Å². The largest absolute Gasteiger partial charge is 0.393 e. The zero-order chi connectivity index (χ0) is 10.8. The summed E-state index contributed by atoms with van der Waals surface area (Å²) in [7, 11) is 0. The van der Waals surface area contributed by atoms with Crippen molar-refractivity contribution < 1.29 is 5.11 Å². The lowest BCUT2D eigenvalue weighted by molar-refractivity contribution is 0.127. The molecule has 1 aromatic rings. The molecule has 15 heavy (non-hydrogen) atoms. The SMILES string of the molecule is CC(O)C1CCN(Cc2cnc(N)s2)C1. The second-order valence-electron chi connectivity index (χ2n) is 4.19. The van der Waals surface area contributed by atoms with Crippen LogP contribution in [0.15, 0.2) is 6.20 Å². The van der Waals surface area contributed by atoms with E-state index in [1.807, 2.05) is 13.1 Å². The van der Waals surface area contributed by atoms with Crippen LogP contribution in [0.4, 0.5) is 5.13 Å². The van der Waals surface area contributed by atoms with E-state index < -0.39 is 0 Å². The maximum absolute atomic E-state index is 9.48. The number of aromatic nitrogens is 1. The first-order chi connectivity index (χ1) is 7.15. The van der Waals surface area contributed by atoms with E-state index in [1.54, 1.807) is 11.3 Å². The molecule has 0 amide bonds. The number of thiazole rings is 1. The van der Waals surface area contributed by atoms with Crippen LogP contribution in [0.5, 0.6) is 0 Å². The highest BCUT2D eigenvalue weighted by Gasteiger charge is 2.25. The van der Waals surface area contributed by atoms with Gasteiger partial charge < -0.3 is 10.8 Å². The van der Waals surface area contributed by atoms with Gasteiger partial charge in [-0.2, -0.15) is 0 Å². The zero-order valence-electron chi connectivity index (χ0n) is 8.89. The van der Waals surface area contributed by atoms with Gasteiger partial charge in [-0.3, -0.25) is 4.90 Å². The standard InChI is InChI=1S/C10H17N3OS/c1-7(14)8-2-3-13(5-8)6-9-4-12-10(11)15-9/h4,7-8,14H,2-3,5-6H2,1H3,(H2,11,12). The molecule has 0 aromatic carbocycles. The number of hydrogen-bond acceptors (Lipinski definition) is 5. The molecule has 5 heteroatoms. The van der Waals surface area contributed by atoms with Crippen molar-refractivity contribution in [3.8, 4) is 0 Å². The van der Waals surface area contributed by atoms with E-state index in [4.69, 9.17) is 5.73 Å². The third-order valence-electron chi connectivity index (χ3n) is 2.94. The van der Waals surface area contributed by atoms with Crippen molar-refractivity contribution in [1.29, 1.82) is 0 Å². The van der Waals surface area contributed by atoms with Crippen LogP contribution in [0.1, 0.15) is 18.2 Å². The van der Waals surface area contributed by atoms with Crippen molar-refractivity contribution in [1.82, 2.24) is 9.88 Å². The van der Waals surface area contributed by atoms with E-state index in [0.29, 0.717) is 11.0 Å². The van der Waals surface area contributed by atoms with Gasteiger partial charge in [-0.05, 0) is 25.8 Å². The van der Waals surface area contributed by atoms with Crippen LogP contribution in [0.3, 0.4) is 0 Å². The Hall–Kier alpha value is -0.650. The number of nitrogen functional groups attached to an aromatic ring is 1. The van der Waals surface area contributed by atoms with E-state index in [-0.39, 0.29) is 6.10 Å². The first-order valence-electron chi connectivity index (χ1n) is 5.26. The van der Waals surface area contributed by atoms with Gasteiger partial charge in [-0.15, -0.1) is 11.3 Å². The number of aliphatic hydroxyl groups is 1. The normalized spacial score (nSPS) is 24.5. The Balaban J connectivity index is 1.87. The Bertz CT molecular complexity index is 326. The summed E-state index contributed by atoms with van der Waals surface area (Å²) in [6.07, 6.45) is 2.74. The average molecular weight is 227 g/mol. The van der Waals surface area contributed by atoms with Crippen LogP contribution < -0.4 is 5.73 Å². The van der Waals surface area contributed by atoms with Crippen molar-refractivity contribution in [3.05, 3.63) is 11.1 Å². The molecule has 1 aliphatic heterocycles. The molecule has 1 aromatic heterocycles. The highest BCUT2D eigenvalue weighted by Crippen LogP contribution is 2.23. The summed E-state index contributed by atoms with van der Waals surface area (Å²) in [5, 5.41) is 10.1. The first kappa shape index (κ1) is 10.9. The molecule has 2 unspecified atom stereocenters. The lowest BCUT2D eigenvalue weighted by Gasteiger charge is -2.16. The lowest BCUT2D eigenvalue weighted by atomic mass is 10.0. The highest BCUT2D eigenvalue weighted by molar-refractivity contribution is 7.15. The molecule has 0 spiro atoms. The van der Waals surface area contributed by atoms with Crippen LogP contribution in [-0.2, 0) is 6.54 Å². The van der Waals surface area contributed by atoms with Gasteiger partial charge in [0.05, 0.1) is 6.10 Å². The second-order valence-corrected chi connectivity index (χ2v) is 5.34. The minimum atomic E-state index is -0.193. The van der Waals surface area contributed by atoms with Crippen molar-refractivity contribution >= 4 is 16.5 Å². The van der Waals surface area contributed by atoms with Crippen LogP contribution >= 0.6 is 11.3 Å². The number of hydrogen-bond donors (Lipinski definition) is 2. The Morgan fingerprint density at radius 1 is 1.80 bits per heavy atom. The summed E-state index contributed by atoms with van der Waals surface area (Å²) >= 11 is 1.55. The Morgan fingerprint density at radius 3 is 3.13 bits per heavy atom. The molecule has 2 atom stereocenters. The van der Waals surface area contributed by atoms with Crippen LogP contribution in [0, 0.1) is 5.92 Å². The lowest BCUT2D eigenvalue weighted by Crippen LogP contribution is -2.23. The zero-order valence-corrected chi connectivity index (χ0v) is 9.70. The molecule has 1 saturated heterocycles. The van der Waals surface area contributed by atoms with Gasteiger partial charge in [-0.1, -0.05) is 0 Å². The quantitative estimate of drug-likeness (QED) is 0.806. The third kappa shape index (κ3) is 2.68. The average Bonchev–Trinajstić information content (AvgIpc) is 2.76. The summed E-state index contributed by atoms with van der Waals surface area (Å²) in [6, 6.07) is 0. The number of nitrogens with two attached hydrogens (primary N) is 1. The van der Waals surface area contributed by atoms with Gasteiger partial charge in [0.2, 0.25) is 0 Å². The molecule has 4 nitrogen and oxygen atoms in total. The fourth-order valence-corrected chi connectivity index (χ4v) is 2.74. The van der Waals surface area contributed by atoms with Gasteiger partial charge in [0.1, 0.15) is 0 Å². The fourth-order valence-electron chi connectivity index (χ4n) is 2.02. The molecule has 1 fully saturated rings. The van der Waals surface area contributed by atoms with Crippen molar-refractivity contribution in [2.45, 2.75) is 26.0 Å². The number of anilines is 1. The van der Waals surface area contributed by atoms with Gasteiger partial charge >= 0.3 is 0 Å². The Labute approximate surface area is 93.7 Å². The summed E-state index contributed by atoms with van der Waals surface area (Å²) in [5.41, 5.74) is 5.58. The summed E-state index contributed by atoms with van der Waals surface area (Å²) in [6.45, 7) is 4.83. The molecule has 2 rings (SSSR count). The third-order valence-corrected chi connectivity index (χ3v) is 3.75. The molecular weight excluding hydrogens is 210 g/mol. The van der Waals surface area contributed by atoms with Crippen molar-refractivity contribution in [3.63, 3.8) is 0 Å². The van der Waals surface area contributed by atoms with Gasteiger partial charge in [0.15, 0.2) is 5.13 Å². The molecule has 0 aliphatic carbocycles. The molecule has 0 saturated carbocycles. The minimum absolute atomic E-state index is 0.193. The van der Waals surface area contributed by atoms with E-state index in [1.165, 1.54) is 4.88 Å². The smallest absolute Gasteiger partial charge is 0.180 e. The van der Waals surface area contributed by atoms with E-state index in [0.717, 1.165) is 26.1 Å². The van der Waals surface area contributed by atoms with E-state index in [2.05, 4.69) is 9.88 Å². The molecule has 3 N–H and O–H groups in total. The maximum atomic E-state index is 9.48. The summed E-state index contributed by atoms with van der Waals surface area (Å²) in [5.74, 6) is 0.426. The minimum Gasteiger partial charge on any atom is -0.393 e. The summed E-state index contributed by atoms with van der Waals surface area (Å²) < 4.78 is 0. The molecule has 2 heterocycles. The van der Waals surface area contributed by atoms with Crippen LogP contribution in [-0.4, -0.2) is 34.2 Å². The van der Waals surface area contributed by atoms with Gasteiger partial charge in [0, 0.05) is 24.2 Å². The number of rotatable bonds is 3. The monoisotopic (exact) mass is 227 g/mol. The predicted octanol–water partition coefficient (Wildman–Crippen LogP) is 0.928. The molecular formula is C10H17N3OS. The molecule has 0 radical (unpaired) electrons. The summed E-state index contributed by atoms with van der Waals surface area (Å²) in [4.78, 5) is 7.59. The van der Waals surface area contributed by atoms with Gasteiger partial charge in [-0.25, -0.2) is 4.98 Å².